The molecule has 0 aliphatic carbocycles. The minimum absolute atomic E-state index is 0.520. The Morgan fingerprint density at radius 2 is 2.11 bits per heavy atom. The van der Waals surface area contributed by atoms with Crippen LogP contribution in [0.4, 0.5) is 0 Å². The summed E-state index contributed by atoms with van der Waals surface area (Å²) < 4.78 is 2.65. The average molecular weight is 330 g/mol. The van der Waals surface area contributed by atoms with Crippen LogP contribution in [0.1, 0.15) is 9.88 Å². The van der Waals surface area contributed by atoms with Gasteiger partial charge in [0.15, 0.2) is 4.77 Å². The van der Waals surface area contributed by atoms with Crippen molar-refractivity contribution in [1.29, 1.82) is 0 Å². The molecule has 0 unspecified atom stereocenters. The van der Waals surface area contributed by atoms with Crippen LogP contribution >= 0.6 is 46.8 Å². The molecule has 0 fully saturated rings. The number of aromatic nitrogens is 3. The molecule has 1 aromatic carbocycles. The first-order chi connectivity index (χ1) is 9.04. The lowest BCUT2D eigenvalue weighted by atomic mass is 10.3. The third-order valence-corrected chi connectivity index (χ3v) is 4.74. The number of nitrogens with zero attached hydrogens (tertiary/aromatic N) is 2. The fourth-order valence-corrected chi connectivity index (χ4v) is 3.32. The Hall–Kier alpha value is -0.880. The van der Waals surface area contributed by atoms with Crippen LogP contribution < -0.4 is 0 Å². The van der Waals surface area contributed by atoms with Crippen LogP contribution in [-0.4, -0.2) is 14.5 Å². The van der Waals surface area contributed by atoms with Gasteiger partial charge in [0.2, 0.25) is 0 Å². The van der Waals surface area contributed by atoms with Gasteiger partial charge in [-0.1, -0.05) is 23.2 Å². The van der Waals surface area contributed by atoms with Crippen LogP contribution in [0.3, 0.4) is 0 Å². The molecule has 0 amide bonds. The van der Waals surface area contributed by atoms with Crippen molar-refractivity contribution in [3.8, 4) is 0 Å². The number of hydrogen-bond acceptors (Lipinski definition) is 3. The van der Waals surface area contributed by atoms with Crippen molar-refractivity contribution < 1.29 is 0 Å². The smallest absolute Gasteiger partial charge is 0.178 e. The van der Waals surface area contributed by atoms with Gasteiger partial charge in [-0.05, 0) is 31.3 Å². The lowest BCUT2D eigenvalue weighted by Gasteiger charge is -2.03. The summed E-state index contributed by atoms with van der Waals surface area (Å²) >= 11 is 19.1. The summed E-state index contributed by atoms with van der Waals surface area (Å²) in [5.41, 5.74) is 1.84. The number of hydrogen-bond donors (Lipinski definition) is 1. The Morgan fingerprint density at radius 3 is 2.79 bits per heavy atom. The van der Waals surface area contributed by atoms with Crippen molar-refractivity contribution in [1.82, 2.24) is 14.5 Å². The fraction of sp³-hybridized carbons (Fsp3) is 0.167. The molecule has 0 aliphatic rings. The molecular weight excluding hydrogens is 321 g/mol. The van der Waals surface area contributed by atoms with Gasteiger partial charge >= 0.3 is 0 Å². The van der Waals surface area contributed by atoms with Crippen LogP contribution in [0.25, 0.3) is 11.0 Å². The van der Waals surface area contributed by atoms with Gasteiger partial charge in [-0.2, -0.15) is 0 Å². The summed E-state index contributed by atoms with van der Waals surface area (Å²) in [5, 5.41) is 2.09. The van der Waals surface area contributed by atoms with Crippen molar-refractivity contribution in [3.05, 3.63) is 43.0 Å². The van der Waals surface area contributed by atoms with Crippen LogP contribution in [-0.2, 0) is 6.54 Å². The van der Waals surface area contributed by atoms with Crippen molar-refractivity contribution in [2.75, 3.05) is 0 Å². The molecule has 0 radical (unpaired) electrons. The summed E-state index contributed by atoms with van der Waals surface area (Å²) in [7, 11) is 0. The zero-order chi connectivity index (χ0) is 13.6. The van der Waals surface area contributed by atoms with Crippen molar-refractivity contribution in [3.63, 3.8) is 0 Å². The molecule has 0 saturated heterocycles. The molecular formula is C12H9Cl2N3S2. The van der Waals surface area contributed by atoms with Crippen LogP contribution in [0, 0.1) is 11.7 Å². The normalized spacial score (nSPS) is 11.3. The highest BCUT2D eigenvalue weighted by molar-refractivity contribution is 7.71. The number of H-pyrrole nitrogens is 1. The van der Waals surface area contributed by atoms with E-state index in [0.717, 1.165) is 20.9 Å². The second-order valence-electron chi connectivity index (χ2n) is 4.15. The molecule has 2 aromatic heterocycles. The minimum Gasteiger partial charge on any atom is -0.331 e. The third-order valence-electron chi connectivity index (χ3n) is 2.80. The van der Waals surface area contributed by atoms with Gasteiger partial charge in [0.1, 0.15) is 0 Å². The average Bonchev–Trinajstić information content (AvgIpc) is 2.87. The van der Waals surface area contributed by atoms with E-state index in [1.54, 1.807) is 17.4 Å². The zero-order valence-corrected chi connectivity index (χ0v) is 13.1. The summed E-state index contributed by atoms with van der Waals surface area (Å²) in [6.45, 7) is 2.67. The highest BCUT2D eigenvalue weighted by Gasteiger charge is 2.09. The lowest BCUT2D eigenvalue weighted by molar-refractivity contribution is 0.821. The first-order valence-electron chi connectivity index (χ1n) is 5.53. The summed E-state index contributed by atoms with van der Waals surface area (Å²) in [4.78, 5) is 8.55. The second kappa shape index (κ2) is 4.90. The van der Waals surface area contributed by atoms with E-state index in [1.165, 1.54) is 0 Å². The number of rotatable bonds is 2. The Kier molecular flexibility index (Phi) is 3.39. The molecule has 3 rings (SSSR count). The van der Waals surface area contributed by atoms with E-state index in [4.69, 9.17) is 35.4 Å². The van der Waals surface area contributed by atoms with E-state index in [9.17, 15) is 0 Å². The van der Waals surface area contributed by atoms with E-state index in [-0.39, 0.29) is 0 Å². The Balaban J connectivity index is 2.15. The van der Waals surface area contributed by atoms with Crippen molar-refractivity contribution in [2.24, 2.45) is 0 Å². The van der Waals surface area contributed by atoms with Gasteiger partial charge in [-0.25, -0.2) is 4.98 Å². The molecule has 7 heteroatoms. The van der Waals surface area contributed by atoms with Crippen molar-refractivity contribution in [2.45, 2.75) is 13.5 Å². The molecule has 1 N–H and O–H groups in total. The van der Waals surface area contributed by atoms with E-state index >= 15 is 0 Å². The highest BCUT2D eigenvalue weighted by atomic mass is 35.5. The first kappa shape index (κ1) is 13.1. The topological polar surface area (TPSA) is 33.6 Å². The van der Waals surface area contributed by atoms with Gasteiger partial charge in [-0.15, -0.1) is 11.3 Å². The van der Waals surface area contributed by atoms with Crippen LogP contribution in [0.15, 0.2) is 18.3 Å². The molecule has 3 aromatic rings. The lowest BCUT2D eigenvalue weighted by Crippen LogP contribution is -1.97. The maximum absolute atomic E-state index is 6.07. The Bertz CT molecular complexity index is 816. The number of aromatic amines is 1. The minimum atomic E-state index is 0.520. The quantitative estimate of drug-likeness (QED) is 0.684. The molecule has 0 saturated carbocycles. The molecule has 0 aliphatic heterocycles. The molecule has 98 valence electrons. The highest BCUT2D eigenvalue weighted by Crippen LogP contribution is 2.28. The fourth-order valence-electron chi connectivity index (χ4n) is 1.94. The summed E-state index contributed by atoms with van der Waals surface area (Å²) in [6.07, 6.45) is 1.87. The first-order valence-corrected chi connectivity index (χ1v) is 7.51. The van der Waals surface area contributed by atoms with Gasteiger partial charge in [-0.3, -0.25) is 0 Å². The van der Waals surface area contributed by atoms with Gasteiger partial charge in [0.25, 0.3) is 0 Å². The predicted octanol–water partition coefficient (Wildman–Crippen LogP) is 4.82. The Labute approximate surface area is 128 Å². The van der Waals surface area contributed by atoms with E-state index < -0.39 is 0 Å². The van der Waals surface area contributed by atoms with Gasteiger partial charge < -0.3 is 9.55 Å². The van der Waals surface area contributed by atoms with E-state index in [2.05, 4.69) is 9.97 Å². The SMILES string of the molecule is Cc1ncc(Cn2c(=S)[nH]c3cc(Cl)c(Cl)cc32)s1. The Morgan fingerprint density at radius 1 is 1.37 bits per heavy atom. The van der Waals surface area contributed by atoms with Crippen LogP contribution in [0.5, 0.6) is 0 Å². The number of imidazole rings is 1. The number of aryl methyl sites for hydroxylation is 1. The molecule has 0 bridgehead atoms. The maximum atomic E-state index is 6.07. The number of halogens is 2. The van der Waals surface area contributed by atoms with Crippen molar-refractivity contribution >= 4 is 57.8 Å². The van der Waals surface area contributed by atoms with Gasteiger partial charge in [0, 0.05) is 11.1 Å². The second-order valence-corrected chi connectivity index (χ2v) is 6.67. The standard InChI is InChI=1S/C12H9Cl2N3S2/c1-6-15-4-7(19-6)5-17-11-3-9(14)8(13)2-10(11)16-12(17)18/h2-4H,5H2,1H3,(H,16,18). The molecule has 3 nitrogen and oxygen atoms in total. The summed E-state index contributed by atoms with van der Waals surface area (Å²) in [5.74, 6) is 0. The molecule has 0 atom stereocenters. The molecule has 2 heterocycles. The monoisotopic (exact) mass is 329 g/mol. The largest absolute Gasteiger partial charge is 0.331 e. The summed E-state index contributed by atoms with van der Waals surface area (Å²) in [6, 6.07) is 3.63. The van der Waals surface area contributed by atoms with E-state index in [1.807, 2.05) is 23.8 Å². The molecule has 0 spiro atoms. The maximum Gasteiger partial charge on any atom is 0.178 e. The zero-order valence-electron chi connectivity index (χ0n) is 9.91. The number of benzene rings is 1. The van der Waals surface area contributed by atoms with E-state index in [0.29, 0.717) is 21.4 Å². The number of thiazole rings is 1. The third kappa shape index (κ3) is 2.43. The van der Waals surface area contributed by atoms with Gasteiger partial charge in [0.05, 0.1) is 32.6 Å². The number of fused-ring (bicyclic) bond motifs is 1. The number of nitrogens with one attached hydrogen (secondary N) is 1. The predicted molar refractivity (Wildman–Crippen MR) is 83.1 cm³/mol. The molecule has 19 heavy (non-hydrogen) atoms. The van der Waals surface area contributed by atoms with Crippen LogP contribution in [0.2, 0.25) is 10.0 Å².